The molecule has 0 radical (unpaired) electrons. The number of carbonyl (C=O) groups is 1. The van der Waals surface area contributed by atoms with Crippen LogP contribution in [0.2, 0.25) is 0 Å². The first kappa shape index (κ1) is 20.3. The lowest BCUT2D eigenvalue weighted by molar-refractivity contribution is -0.145. The van der Waals surface area contributed by atoms with Crippen LogP contribution < -0.4 is 5.32 Å². The van der Waals surface area contributed by atoms with E-state index in [9.17, 15) is 26.7 Å². The largest absolute Gasteiger partial charge is 0.453 e. The van der Waals surface area contributed by atoms with Crippen molar-refractivity contribution in [1.29, 1.82) is 0 Å². The van der Waals surface area contributed by atoms with Gasteiger partial charge in [0.2, 0.25) is 5.95 Å². The first-order valence-electron chi connectivity index (χ1n) is 9.78. The Morgan fingerprint density at radius 1 is 0.969 bits per heavy atom. The Kier molecular flexibility index (Phi) is 4.61. The van der Waals surface area contributed by atoms with Gasteiger partial charge >= 0.3 is 6.18 Å². The molecule has 2 heterocycles. The minimum atomic E-state index is -4.83. The fourth-order valence-corrected chi connectivity index (χ4v) is 4.33. The molecule has 2 aliphatic rings. The van der Waals surface area contributed by atoms with Crippen LogP contribution in [0.15, 0.2) is 59.8 Å². The Morgan fingerprint density at radius 2 is 1.66 bits per heavy atom. The quantitative estimate of drug-likeness (QED) is 0.564. The maximum atomic E-state index is 14.0. The fourth-order valence-electron chi connectivity index (χ4n) is 4.33. The van der Waals surface area contributed by atoms with E-state index in [-0.39, 0.29) is 35.2 Å². The molecule has 2 aromatic carbocycles. The predicted molar refractivity (Wildman–Crippen MR) is 104 cm³/mol. The van der Waals surface area contributed by atoms with Gasteiger partial charge in [-0.15, -0.1) is 5.10 Å². The maximum absolute atomic E-state index is 14.0. The van der Waals surface area contributed by atoms with Crippen molar-refractivity contribution in [2.24, 2.45) is 0 Å². The summed E-state index contributed by atoms with van der Waals surface area (Å²) in [4.78, 5) is 16.7. The second-order valence-corrected chi connectivity index (χ2v) is 7.76. The first-order valence-corrected chi connectivity index (χ1v) is 9.78. The lowest BCUT2D eigenvalue weighted by Crippen LogP contribution is -2.33. The standard InChI is InChI=1S/C22H15F5N4O/c23-14-6-13(7-15(24)10-14)19-18-16(28-21-29-20(22(25,26)27)30-31(19)21)8-12(9-17(18)32)11-4-2-1-3-5-11/h1-7,10,12,19H,8-9H2,(H,28,29,30)/t12-,19+/m1/s1. The minimum Gasteiger partial charge on any atom is -0.328 e. The summed E-state index contributed by atoms with van der Waals surface area (Å²) in [5, 5.41) is 6.34. The van der Waals surface area contributed by atoms with Gasteiger partial charge in [0.1, 0.15) is 17.7 Å². The molecular formula is C22H15F5N4O. The number of anilines is 1. The summed E-state index contributed by atoms with van der Waals surface area (Å²) in [6.07, 6.45) is -4.40. The van der Waals surface area contributed by atoms with Crippen LogP contribution in [-0.2, 0) is 11.0 Å². The number of halogens is 5. The molecule has 2 atom stereocenters. The highest BCUT2D eigenvalue weighted by molar-refractivity contribution is 6.00. The highest BCUT2D eigenvalue weighted by Crippen LogP contribution is 2.45. The van der Waals surface area contributed by atoms with Gasteiger partial charge in [0, 0.05) is 23.8 Å². The predicted octanol–water partition coefficient (Wildman–Crippen LogP) is 4.99. The normalized spacial score (nSPS) is 20.6. The molecule has 164 valence electrons. The third-order valence-corrected chi connectivity index (χ3v) is 5.64. The molecule has 0 saturated carbocycles. The average molecular weight is 446 g/mol. The van der Waals surface area contributed by atoms with Crippen LogP contribution in [0.1, 0.15) is 41.8 Å². The van der Waals surface area contributed by atoms with E-state index in [4.69, 9.17) is 0 Å². The maximum Gasteiger partial charge on any atom is 0.453 e. The summed E-state index contributed by atoms with van der Waals surface area (Å²) in [7, 11) is 0. The Labute approximate surface area is 178 Å². The molecule has 10 heteroatoms. The molecular weight excluding hydrogens is 431 g/mol. The van der Waals surface area contributed by atoms with Crippen molar-refractivity contribution in [1.82, 2.24) is 14.8 Å². The van der Waals surface area contributed by atoms with Crippen LogP contribution in [0.5, 0.6) is 0 Å². The fraction of sp³-hybridized carbons (Fsp3) is 0.227. The van der Waals surface area contributed by atoms with Crippen LogP contribution in [0.3, 0.4) is 0 Å². The first-order chi connectivity index (χ1) is 15.2. The summed E-state index contributed by atoms with van der Waals surface area (Å²) in [6.45, 7) is 0. The van der Waals surface area contributed by atoms with E-state index < -0.39 is 29.7 Å². The monoisotopic (exact) mass is 446 g/mol. The summed E-state index contributed by atoms with van der Waals surface area (Å²) < 4.78 is 68.7. The molecule has 0 spiro atoms. The number of nitrogens with zero attached hydrogens (tertiary/aromatic N) is 3. The van der Waals surface area contributed by atoms with E-state index in [1.165, 1.54) is 0 Å². The summed E-state index contributed by atoms with van der Waals surface area (Å²) in [6, 6.07) is 10.6. The van der Waals surface area contributed by atoms with Crippen molar-refractivity contribution >= 4 is 11.7 Å². The Bertz CT molecular complexity index is 1230. The molecule has 1 aromatic heterocycles. The zero-order chi connectivity index (χ0) is 22.6. The second-order valence-electron chi connectivity index (χ2n) is 7.76. The topological polar surface area (TPSA) is 59.8 Å². The molecule has 5 nitrogen and oxygen atoms in total. The molecule has 1 N–H and O–H groups in total. The Morgan fingerprint density at radius 3 is 2.31 bits per heavy atom. The third kappa shape index (κ3) is 3.45. The highest BCUT2D eigenvalue weighted by Gasteiger charge is 2.43. The molecule has 0 amide bonds. The zero-order valence-electron chi connectivity index (χ0n) is 16.3. The summed E-state index contributed by atoms with van der Waals surface area (Å²) in [5.41, 5.74) is 1.39. The number of hydrogen-bond donors (Lipinski definition) is 1. The lowest BCUT2D eigenvalue weighted by atomic mass is 9.78. The zero-order valence-corrected chi connectivity index (χ0v) is 16.3. The van der Waals surface area contributed by atoms with E-state index in [2.05, 4.69) is 15.4 Å². The van der Waals surface area contributed by atoms with E-state index in [0.717, 1.165) is 22.4 Å². The number of Topliss-reactive ketones (excluding diaryl/α,β-unsaturated/α-hetero) is 1. The number of rotatable bonds is 2. The van der Waals surface area contributed by atoms with Crippen LogP contribution in [0.25, 0.3) is 0 Å². The Balaban J connectivity index is 1.66. The number of allylic oxidation sites excluding steroid dienone is 2. The van der Waals surface area contributed by atoms with Crippen molar-refractivity contribution in [2.75, 3.05) is 5.32 Å². The SMILES string of the molecule is O=C1C[C@H](c2ccccc2)CC2=C1[C@H](c1cc(F)cc(F)c1)n1nc(C(F)(F)F)nc1N2. The molecule has 0 unspecified atom stereocenters. The van der Waals surface area contributed by atoms with Gasteiger partial charge in [-0.25, -0.2) is 13.5 Å². The second kappa shape index (κ2) is 7.25. The number of ketones is 1. The molecule has 5 rings (SSSR count). The van der Waals surface area contributed by atoms with Gasteiger partial charge in [-0.1, -0.05) is 30.3 Å². The van der Waals surface area contributed by atoms with Crippen molar-refractivity contribution in [3.05, 3.63) is 88.4 Å². The van der Waals surface area contributed by atoms with E-state index in [1.54, 1.807) is 0 Å². The number of benzene rings is 2. The van der Waals surface area contributed by atoms with Gasteiger partial charge in [-0.3, -0.25) is 4.79 Å². The number of fused-ring (bicyclic) bond motifs is 1. The van der Waals surface area contributed by atoms with Crippen LogP contribution in [-0.4, -0.2) is 20.5 Å². The van der Waals surface area contributed by atoms with E-state index in [1.807, 2.05) is 30.3 Å². The van der Waals surface area contributed by atoms with Gasteiger partial charge in [-0.05, 0) is 35.6 Å². The number of hydrogen-bond acceptors (Lipinski definition) is 4. The Hall–Kier alpha value is -3.56. The molecule has 0 fully saturated rings. The van der Waals surface area contributed by atoms with Crippen LogP contribution in [0.4, 0.5) is 27.9 Å². The molecule has 0 saturated heterocycles. The lowest BCUT2D eigenvalue weighted by Gasteiger charge is -2.35. The van der Waals surface area contributed by atoms with Crippen LogP contribution >= 0.6 is 0 Å². The molecule has 32 heavy (non-hydrogen) atoms. The molecule has 1 aliphatic heterocycles. The van der Waals surface area contributed by atoms with Crippen LogP contribution in [0, 0.1) is 11.6 Å². The van der Waals surface area contributed by atoms with Crippen molar-refractivity contribution in [3.63, 3.8) is 0 Å². The van der Waals surface area contributed by atoms with Gasteiger partial charge in [0.25, 0.3) is 5.82 Å². The van der Waals surface area contributed by atoms with Gasteiger partial charge in [0.15, 0.2) is 5.78 Å². The minimum absolute atomic E-state index is 0.0251. The summed E-state index contributed by atoms with van der Waals surface area (Å²) >= 11 is 0. The third-order valence-electron chi connectivity index (χ3n) is 5.64. The molecule has 0 bridgehead atoms. The highest BCUT2D eigenvalue weighted by atomic mass is 19.4. The number of aromatic nitrogens is 3. The molecule has 3 aromatic rings. The van der Waals surface area contributed by atoms with Crippen molar-refractivity contribution in [3.8, 4) is 0 Å². The number of alkyl halides is 3. The smallest absolute Gasteiger partial charge is 0.328 e. The number of nitrogens with one attached hydrogen (secondary N) is 1. The van der Waals surface area contributed by atoms with Gasteiger partial charge in [-0.2, -0.15) is 18.2 Å². The van der Waals surface area contributed by atoms with Crippen molar-refractivity contribution < 1.29 is 26.7 Å². The van der Waals surface area contributed by atoms with Crippen molar-refractivity contribution in [2.45, 2.75) is 31.0 Å². The van der Waals surface area contributed by atoms with E-state index >= 15 is 0 Å². The van der Waals surface area contributed by atoms with E-state index in [0.29, 0.717) is 18.2 Å². The van der Waals surface area contributed by atoms with Gasteiger partial charge in [0.05, 0.1) is 0 Å². The number of carbonyl (C=O) groups excluding carboxylic acids is 1. The summed E-state index contributed by atoms with van der Waals surface area (Å²) in [5.74, 6) is -4.01. The van der Waals surface area contributed by atoms with Gasteiger partial charge < -0.3 is 5.32 Å². The average Bonchev–Trinajstić information content (AvgIpc) is 3.16. The molecule has 1 aliphatic carbocycles.